The zero-order valence-corrected chi connectivity index (χ0v) is 11.1. The number of rotatable bonds is 3. The maximum atomic E-state index is 11.1. The van der Waals surface area contributed by atoms with Gasteiger partial charge < -0.3 is 10.6 Å². The number of hydrogen-bond donors (Lipinski definition) is 2. The number of carbonyl (C=O) groups excluding carboxylic acids is 1. The molecule has 19 heavy (non-hydrogen) atoms. The van der Waals surface area contributed by atoms with Gasteiger partial charge in [0.2, 0.25) is 5.95 Å². The van der Waals surface area contributed by atoms with Crippen molar-refractivity contribution in [2.24, 2.45) is 0 Å². The van der Waals surface area contributed by atoms with Crippen molar-refractivity contribution in [2.75, 3.05) is 10.6 Å². The summed E-state index contributed by atoms with van der Waals surface area (Å²) in [5.74, 6) is 0.463. The van der Waals surface area contributed by atoms with Gasteiger partial charge in [0.25, 0.3) is 0 Å². The lowest BCUT2D eigenvalue weighted by Crippen LogP contribution is -2.20. The third-order valence-electron chi connectivity index (χ3n) is 2.34. The highest BCUT2D eigenvalue weighted by Gasteiger charge is 2.02. The van der Waals surface area contributed by atoms with Crippen molar-refractivity contribution in [3.63, 3.8) is 0 Å². The molecule has 5 nitrogen and oxygen atoms in total. The van der Waals surface area contributed by atoms with Crippen molar-refractivity contribution in [1.82, 2.24) is 9.97 Å². The molecular formula is C13H12N4OS. The zero-order chi connectivity index (χ0) is 13.7. The second-order valence-electron chi connectivity index (χ2n) is 3.79. The number of anilines is 2. The first kappa shape index (κ1) is 13.1. The summed E-state index contributed by atoms with van der Waals surface area (Å²) in [7, 11) is 0. The molecule has 0 amide bonds. The highest BCUT2D eigenvalue weighted by atomic mass is 32.1. The molecule has 2 rings (SSSR count). The molecule has 0 aliphatic carbocycles. The Bertz CT molecular complexity index is 583. The number of thiocarbonyl (C=S) groups is 1. The van der Waals surface area contributed by atoms with E-state index in [1.807, 2.05) is 0 Å². The Morgan fingerprint density at radius 3 is 2.32 bits per heavy atom. The Morgan fingerprint density at radius 2 is 1.74 bits per heavy atom. The molecule has 2 aromatic rings. The lowest BCUT2D eigenvalue weighted by molar-refractivity contribution is 0.101. The molecule has 1 heterocycles. The Labute approximate surface area is 116 Å². The maximum absolute atomic E-state index is 11.1. The predicted octanol–water partition coefficient (Wildman–Crippen LogP) is 2.49. The molecule has 6 heteroatoms. The molecule has 0 spiro atoms. The molecule has 0 aliphatic rings. The molecule has 0 radical (unpaired) electrons. The summed E-state index contributed by atoms with van der Waals surface area (Å²) in [6.07, 6.45) is 3.25. The normalized spacial score (nSPS) is 9.74. The standard InChI is InChI=1S/C13H12N4OS/c1-9(18)10-3-5-11(6-4-10)16-13(19)17-12-14-7-2-8-15-12/h2-8H,1H3,(H2,14,15,16,17,19). The minimum atomic E-state index is 0.0323. The number of aromatic nitrogens is 2. The van der Waals surface area contributed by atoms with Crippen LogP contribution in [0.3, 0.4) is 0 Å². The second kappa shape index (κ2) is 6.01. The number of ketones is 1. The van der Waals surface area contributed by atoms with E-state index in [1.54, 1.807) is 42.7 Å². The van der Waals surface area contributed by atoms with Gasteiger partial charge in [0.1, 0.15) is 0 Å². The molecule has 0 unspecified atom stereocenters. The van der Waals surface area contributed by atoms with Crippen LogP contribution in [0.4, 0.5) is 11.6 Å². The number of carbonyl (C=O) groups is 1. The highest BCUT2D eigenvalue weighted by molar-refractivity contribution is 7.80. The van der Waals surface area contributed by atoms with Gasteiger partial charge in [0.05, 0.1) is 0 Å². The average Bonchev–Trinajstić information content (AvgIpc) is 2.40. The van der Waals surface area contributed by atoms with Gasteiger partial charge in [-0.1, -0.05) is 0 Å². The molecular weight excluding hydrogens is 260 g/mol. The fraction of sp³-hybridized carbons (Fsp3) is 0.0769. The van der Waals surface area contributed by atoms with Crippen LogP contribution >= 0.6 is 12.2 Å². The molecule has 0 fully saturated rings. The van der Waals surface area contributed by atoms with Gasteiger partial charge in [-0.15, -0.1) is 0 Å². The van der Waals surface area contributed by atoms with E-state index in [-0.39, 0.29) is 5.78 Å². The van der Waals surface area contributed by atoms with Crippen LogP contribution in [0.25, 0.3) is 0 Å². The van der Waals surface area contributed by atoms with Crippen LogP contribution in [0, 0.1) is 0 Å². The van der Waals surface area contributed by atoms with Gasteiger partial charge in [-0.25, -0.2) is 9.97 Å². The molecule has 96 valence electrons. The molecule has 1 aromatic heterocycles. The number of nitrogens with zero attached hydrogens (tertiary/aromatic N) is 2. The fourth-order valence-electron chi connectivity index (χ4n) is 1.42. The Kier molecular flexibility index (Phi) is 4.15. The summed E-state index contributed by atoms with van der Waals surface area (Å²) in [6, 6.07) is 8.79. The van der Waals surface area contributed by atoms with Crippen molar-refractivity contribution in [2.45, 2.75) is 6.92 Å². The van der Waals surface area contributed by atoms with E-state index < -0.39 is 0 Å². The number of hydrogen-bond acceptors (Lipinski definition) is 4. The van der Waals surface area contributed by atoms with Crippen LogP contribution in [0.1, 0.15) is 17.3 Å². The van der Waals surface area contributed by atoms with Crippen molar-refractivity contribution < 1.29 is 4.79 Å². The van der Waals surface area contributed by atoms with Gasteiger partial charge in [-0.3, -0.25) is 4.79 Å². The van der Waals surface area contributed by atoms with Crippen LogP contribution in [0.2, 0.25) is 0 Å². The third kappa shape index (κ3) is 3.82. The van der Waals surface area contributed by atoms with E-state index in [1.165, 1.54) is 6.92 Å². The first-order chi connectivity index (χ1) is 9.15. The monoisotopic (exact) mass is 272 g/mol. The maximum Gasteiger partial charge on any atom is 0.228 e. The van der Waals surface area contributed by atoms with Gasteiger partial charge in [0, 0.05) is 23.6 Å². The van der Waals surface area contributed by atoms with Crippen LogP contribution in [0.5, 0.6) is 0 Å². The highest BCUT2D eigenvalue weighted by Crippen LogP contribution is 2.10. The fourth-order valence-corrected chi connectivity index (χ4v) is 1.62. The minimum absolute atomic E-state index is 0.0323. The molecule has 0 saturated carbocycles. The lowest BCUT2D eigenvalue weighted by atomic mass is 10.1. The largest absolute Gasteiger partial charge is 0.332 e. The van der Waals surface area contributed by atoms with E-state index in [4.69, 9.17) is 12.2 Å². The summed E-state index contributed by atoms with van der Waals surface area (Å²) < 4.78 is 0. The van der Waals surface area contributed by atoms with E-state index in [9.17, 15) is 4.79 Å². The van der Waals surface area contributed by atoms with Crippen molar-refractivity contribution in [1.29, 1.82) is 0 Å². The summed E-state index contributed by atoms with van der Waals surface area (Å²) in [6.45, 7) is 1.53. The van der Waals surface area contributed by atoms with E-state index in [0.717, 1.165) is 5.69 Å². The van der Waals surface area contributed by atoms with Crippen LogP contribution < -0.4 is 10.6 Å². The number of Topliss-reactive ketones (excluding diaryl/α,β-unsaturated/α-hetero) is 1. The lowest BCUT2D eigenvalue weighted by Gasteiger charge is -2.09. The Balaban J connectivity index is 1.97. The van der Waals surface area contributed by atoms with Gasteiger partial charge in [-0.2, -0.15) is 0 Å². The summed E-state index contributed by atoms with van der Waals surface area (Å²) in [5.41, 5.74) is 1.45. The van der Waals surface area contributed by atoms with Crippen molar-refractivity contribution in [3.05, 3.63) is 48.3 Å². The second-order valence-corrected chi connectivity index (χ2v) is 4.19. The quantitative estimate of drug-likeness (QED) is 0.661. The molecule has 0 atom stereocenters. The van der Waals surface area contributed by atoms with E-state index in [0.29, 0.717) is 16.6 Å². The topological polar surface area (TPSA) is 66.9 Å². The summed E-state index contributed by atoms with van der Waals surface area (Å²) in [5, 5.41) is 6.24. The number of benzene rings is 1. The molecule has 0 aliphatic heterocycles. The average molecular weight is 272 g/mol. The van der Waals surface area contributed by atoms with Gasteiger partial charge in [0.15, 0.2) is 10.9 Å². The molecule has 2 N–H and O–H groups in total. The SMILES string of the molecule is CC(=O)c1ccc(NC(=S)Nc2ncccn2)cc1. The molecule has 0 bridgehead atoms. The van der Waals surface area contributed by atoms with Crippen LogP contribution in [-0.2, 0) is 0 Å². The van der Waals surface area contributed by atoms with Gasteiger partial charge in [-0.05, 0) is 49.5 Å². The smallest absolute Gasteiger partial charge is 0.228 e. The summed E-state index contributed by atoms with van der Waals surface area (Å²) in [4.78, 5) is 19.2. The number of nitrogens with one attached hydrogen (secondary N) is 2. The summed E-state index contributed by atoms with van der Waals surface area (Å²) >= 11 is 5.13. The van der Waals surface area contributed by atoms with Crippen molar-refractivity contribution in [3.8, 4) is 0 Å². The molecule has 1 aromatic carbocycles. The van der Waals surface area contributed by atoms with Gasteiger partial charge >= 0.3 is 0 Å². The Morgan fingerprint density at radius 1 is 1.11 bits per heavy atom. The first-order valence-electron chi connectivity index (χ1n) is 5.61. The van der Waals surface area contributed by atoms with Crippen molar-refractivity contribution >= 4 is 34.7 Å². The first-order valence-corrected chi connectivity index (χ1v) is 6.02. The van der Waals surface area contributed by atoms with E-state index >= 15 is 0 Å². The third-order valence-corrected chi connectivity index (χ3v) is 2.54. The molecule has 0 saturated heterocycles. The minimum Gasteiger partial charge on any atom is -0.332 e. The van der Waals surface area contributed by atoms with Crippen LogP contribution in [0.15, 0.2) is 42.7 Å². The predicted molar refractivity (Wildman–Crippen MR) is 78.3 cm³/mol. The van der Waals surface area contributed by atoms with E-state index in [2.05, 4.69) is 20.6 Å². The van der Waals surface area contributed by atoms with Crippen LogP contribution in [-0.4, -0.2) is 20.9 Å². The zero-order valence-electron chi connectivity index (χ0n) is 10.3. The Hall–Kier alpha value is -2.34.